The van der Waals surface area contributed by atoms with Gasteiger partial charge in [0, 0.05) is 17.9 Å². The first kappa shape index (κ1) is 13.8. The largest absolute Gasteiger partial charge is 0.294 e. The quantitative estimate of drug-likeness (QED) is 0.560. The Hall–Kier alpha value is -1.60. The van der Waals surface area contributed by atoms with Crippen LogP contribution in [0.1, 0.15) is 34.3 Å². The molecule has 0 unspecified atom stereocenters. The lowest BCUT2D eigenvalue weighted by molar-refractivity contribution is 0.0982. The van der Waals surface area contributed by atoms with E-state index in [-0.39, 0.29) is 5.78 Å². The van der Waals surface area contributed by atoms with Crippen molar-refractivity contribution >= 4 is 17.4 Å². The van der Waals surface area contributed by atoms with E-state index in [1.165, 1.54) is 11.1 Å². The van der Waals surface area contributed by atoms with Gasteiger partial charge in [-0.3, -0.25) is 4.79 Å². The summed E-state index contributed by atoms with van der Waals surface area (Å²) in [6.45, 7) is 0. The molecule has 0 amide bonds. The number of hydrogen-bond donors (Lipinski definition) is 0. The lowest BCUT2D eigenvalue weighted by Crippen LogP contribution is -1.99. The van der Waals surface area contributed by atoms with Gasteiger partial charge in [-0.15, -0.1) is 11.6 Å². The van der Waals surface area contributed by atoms with Crippen LogP contribution < -0.4 is 0 Å². The molecule has 0 fully saturated rings. The fourth-order valence-corrected chi connectivity index (χ4v) is 2.15. The summed E-state index contributed by atoms with van der Waals surface area (Å²) in [5, 5.41) is 0. The highest BCUT2D eigenvalue weighted by Gasteiger charge is 2.05. The van der Waals surface area contributed by atoms with Crippen LogP contribution in [0.15, 0.2) is 54.6 Å². The van der Waals surface area contributed by atoms with Crippen LogP contribution in [-0.4, -0.2) is 11.7 Å². The second-order valence-corrected chi connectivity index (χ2v) is 4.95. The van der Waals surface area contributed by atoms with Gasteiger partial charge in [0.15, 0.2) is 5.78 Å². The molecule has 0 radical (unpaired) electrons. The van der Waals surface area contributed by atoms with Crippen molar-refractivity contribution in [3.8, 4) is 0 Å². The predicted octanol–water partition coefficient (Wildman–Crippen LogP) is 4.48. The molecule has 2 heteroatoms. The van der Waals surface area contributed by atoms with Crippen molar-refractivity contribution in [2.24, 2.45) is 0 Å². The van der Waals surface area contributed by atoms with Gasteiger partial charge in [0.25, 0.3) is 0 Å². The summed E-state index contributed by atoms with van der Waals surface area (Å²) in [5.74, 6) is 0.713. The minimum atomic E-state index is 0.173. The van der Waals surface area contributed by atoms with Crippen molar-refractivity contribution in [2.75, 3.05) is 5.88 Å². The Bertz CT molecular complexity index is 517. The first-order valence-corrected chi connectivity index (χ1v) is 7.05. The van der Waals surface area contributed by atoms with Gasteiger partial charge in [-0.25, -0.2) is 0 Å². The van der Waals surface area contributed by atoms with Crippen molar-refractivity contribution in [1.29, 1.82) is 0 Å². The van der Waals surface area contributed by atoms with Crippen LogP contribution in [0.25, 0.3) is 0 Å². The van der Waals surface area contributed by atoms with E-state index in [0.717, 1.165) is 18.4 Å². The van der Waals surface area contributed by atoms with Gasteiger partial charge >= 0.3 is 0 Å². The second kappa shape index (κ2) is 7.10. The molecule has 1 nitrogen and oxygen atoms in total. The highest BCUT2D eigenvalue weighted by Crippen LogP contribution is 2.12. The van der Waals surface area contributed by atoms with Crippen molar-refractivity contribution < 1.29 is 4.79 Å². The molecule has 2 aromatic rings. The van der Waals surface area contributed by atoms with Crippen molar-refractivity contribution in [1.82, 2.24) is 0 Å². The molecular formula is C17H17ClO. The van der Waals surface area contributed by atoms with Crippen LogP contribution in [0, 0.1) is 0 Å². The minimum absolute atomic E-state index is 0.173. The Balaban J connectivity index is 2.00. The Morgan fingerprint density at radius 3 is 2.16 bits per heavy atom. The second-order valence-electron chi connectivity index (χ2n) is 4.58. The van der Waals surface area contributed by atoms with Gasteiger partial charge in [-0.05, 0) is 24.0 Å². The lowest BCUT2D eigenvalue weighted by atomic mass is 10.0. The molecule has 0 saturated heterocycles. The molecule has 0 N–H and O–H groups in total. The van der Waals surface area contributed by atoms with Gasteiger partial charge in [0.2, 0.25) is 0 Å². The van der Waals surface area contributed by atoms with E-state index in [2.05, 4.69) is 12.1 Å². The molecule has 0 aliphatic heterocycles. The van der Waals surface area contributed by atoms with Crippen LogP contribution >= 0.6 is 11.6 Å². The van der Waals surface area contributed by atoms with Crippen LogP contribution in [0.3, 0.4) is 0 Å². The smallest absolute Gasteiger partial charge is 0.162 e. The van der Waals surface area contributed by atoms with Crippen molar-refractivity contribution in [3.05, 3.63) is 71.3 Å². The van der Waals surface area contributed by atoms with Gasteiger partial charge in [-0.1, -0.05) is 54.6 Å². The van der Waals surface area contributed by atoms with Gasteiger partial charge in [-0.2, -0.15) is 0 Å². The van der Waals surface area contributed by atoms with E-state index in [4.69, 9.17) is 11.6 Å². The maximum Gasteiger partial charge on any atom is 0.162 e. The molecule has 2 rings (SSSR count). The average molecular weight is 273 g/mol. The summed E-state index contributed by atoms with van der Waals surface area (Å²) in [6, 6.07) is 18.2. The summed E-state index contributed by atoms with van der Waals surface area (Å²) in [4.78, 5) is 11.8. The third-order valence-electron chi connectivity index (χ3n) is 3.06. The van der Waals surface area contributed by atoms with Crippen LogP contribution in [0.5, 0.6) is 0 Å². The number of hydrogen-bond acceptors (Lipinski definition) is 1. The fraction of sp³-hybridized carbons (Fsp3) is 0.235. The predicted molar refractivity (Wildman–Crippen MR) is 80.0 cm³/mol. The molecule has 0 aliphatic rings. The average Bonchev–Trinajstić information content (AvgIpc) is 2.46. The van der Waals surface area contributed by atoms with Gasteiger partial charge in [0.05, 0.1) is 0 Å². The molecule has 2 aromatic carbocycles. The molecule has 0 atom stereocenters. The number of benzene rings is 2. The topological polar surface area (TPSA) is 17.1 Å². The molecular weight excluding hydrogens is 256 g/mol. The van der Waals surface area contributed by atoms with E-state index in [1.54, 1.807) is 0 Å². The normalized spacial score (nSPS) is 10.4. The maximum absolute atomic E-state index is 11.8. The van der Waals surface area contributed by atoms with Crippen molar-refractivity contribution in [2.45, 2.75) is 19.3 Å². The molecule has 0 heterocycles. The number of halogens is 1. The minimum Gasteiger partial charge on any atom is -0.294 e. The van der Waals surface area contributed by atoms with E-state index in [1.807, 2.05) is 42.5 Å². The number of carbonyl (C=O) groups is 1. The fourth-order valence-electron chi connectivity index (χ4n) is 2.01. The summed E-state index contributed by atoms with van der Waals surface area (Å²) in [6.07, 6.45) is 2.17. The summed E-state index contributed by atoms with van der Waals surface area (Å²) >= 11 is 5.60. The third-order valence-corrected chi connectivity index (χ3v) is 3.33. The number of ketones is 1. The highest BCUT2D eigenvalue weighted by atomic mass is 35.5. The Kier molecular flexibility index (Phi) is 5.17. The summed E-state index contributed by atoms with van der Waals surface area (Å²) in [5.41, 5.74) is 3.28. The molecule has 98 valence electrons. The SMILES string of the molecule is O=C(CCCCl)c1ccc(Cc2ccccc2)cc1. The zero-order chi connectivity index (χ0) is 13.5. The van der Waals surface area contributed by atoms with E-state index >= 15 is 0 Å². The molecule has 0 saturated carbocycles. The molecule has 0 aromatic heterocycles. The van der Waals surface area contributed by atoms with Crippen molar-refractivity contribution in [3.63, 3.8) is 0 Å². The molecule has 0 bridgehead atoms. The number of alkyl halides is 1. The Morgan fingerprint density at radius 1 is 0.895 bits per heavy atom. The van der Waals surface area contributed by atoms with Gasteiger partial charge in [0.1, 0.15) is 0 Å². The van der Waals surface area contributed by atoms with E-state index in [9.17, 15) is 4.79 Å². The third kappa shape index (κ3) is 4.22. The standard InChI is InChI=1S/C17H17ClO/c18-12-4-7-17(19)16-10-8-15(9-11-16)13-14-5-2-1-3-6-14/h1-3,5-6,8-11H,4,7,12-13H2. The lowest BCUT2D eigenvalue weighted by Gasteiger charge is -2.04. The molecule has 0 spiro atoms. The Labute approximate surface area is 119 Å². The zero-order valence-electron chi connectivity index (χ0n) is 10.8. The maximum atomic E-state index is 11.8. The summed E-state index contributed by atoms with van der Waals surface area (Å²) in [7, 11) is 0. The van der Waals surface area contributed by atoms with Crippen LogP contribution in [-0.2, 0) is 6.42 Å². The molecule has 0 aliphatic carbocycles. The summed E-state index contributed by atoms with van der Waals surface area (Å²) < 4.78 is 0. The van der Waals surface area contributed by atoms with E-state index < -0.39 is 0 Å². The first-order chi connectivity index (χ1) is 9.29. The van der Waals surface area contributed by atoms with Crippen LogP contribution in [0.2, 0.25) is 0 Å². The zero-order valence-corrected chi connectivity index (χ0v) is 11.6. The monoisotopic (exact) mass is 272 g/mol. The van der Waals surface area contributed by atoms with Gasteiger partial charge < -0.3 is 0 Å². The Morgan fingerprint density at radius 2 is 1.53 bits per heavy atom. The van der Waals surface area contributed by atoms with Crippen LogP contribution in [0.4, 0.5) is 0 Å². The molecule has 19 heavy (non-hydrogen) atoms. The number of Topliss-reactive ketones (excluding diaryl/α,β-unsaturated/α-hetero) is 1. The first-order valence-electron chi connectivity index (χ1n) is 6.51. The van der Waals surface area contributed by atoms with E-state index in [0.29, 0.717) is 12.3 Å². The number of rotatable bonds is 6. The number of carbonyl (C=O) groups excluding carboxylic acids is 1. The highest BCUT2D eigenvalue weighted by molar-refractivity contribution is 6.18.